The van der Waals surface area contributed by atoms with Crippen LogP contribution in [0, 0.1) is 5.82 Å². The van der Waals surface area contributed by atoms with Gasteiger partial charge in [0.25, 0.3) is 0 Å². The number of hydrogen-bond acceptors (Lipinski definition) is 8. The topological polar surface area (TPSA) is 128 Å². The minimum absolute atomic E-state index is 0.00897. The van der Waals surface area contributed by atoms with Crippen molar-refractivity contribution >= 4 is 34.6 Å². The lowest BCUT2D eigenvalue weighted by molar-refractivity contribution is -0.145. The highest BCUT2D eigenvalue weighted by atomic mass is 19.1. The van der Waals surface area contributed by atoms with Gasteiger partial charge in [-0.25, -0.2) is 14.2 Å². The summed E-state index contributed by atoms with van der Waals surface area (Å²) < 4.78 is 22.5. The van der Waals surface area contributed by atoms with Crippen LogP contribution < -0.4 is 5.32 Å². The van der Waals surface area contributed by atoms with Crippen molar-refractivity contribution in [1.82, 2.24) is 9.97 Å². The van der Waals surface area contributed by atoms with Crippen molar-refractivity contribution in [3.05, 3.63) is 59.2 Å². The molecule has 0 unspecified atom stereocenters. The number of rotatable bonds is 7. The molecule has 32 heavy (non-hydrogen) atoms. The first-order chi connectivity index (χ1) is 15.3. The van der Waals surface area contributed by atoms with Crippen molar-refractivity contribution < 1.29 is 33.4 Å². The molecule has 1 aromatic carbocycles. The standard InChI is InChI=1S/C22H20FN3O6/c1-3-32-17(28)10-16(27)25-21-15-9-13(8-12-4-6-14(23)7-5-12)11-24-18(15)20(29)19(26-21)22(30)31-2/h4-7,9,11,29H,3,8,10H2,1-2H3,(H,25,26,27). The summed E-state index contributed by atoms with van der Waals surface area (Å²) in [6, 6.07) is 7.54. The number of halogens is 1. The molecular formula is C22H20FN3O6. The molecule has 166 valence electrons. The monoisotopic (exact) mass is 441 g/mol. The number of aromatic nitrogens is 2. The minimum atomic E-state index is -0.928. The van der Waals surface area contributed by atoms with Gasteiger partial charge in [0.05, 0.1) is 13.7 Å². The van der Waals surface area contributed by atoms with Crippen LogP contribution in [0.1, 0.15) is 35.0 Å². The number of hydrogen-bond donors (Lipinski definition) is 2. The highest BCUT2D eigenvalue weighted by Crippen LogP contribution is 2.32. The van der Waals surface area contributed by atoms with Crippen molar-refractivity contribution in [1.29, 1.82) is 0 Å². The first-order valence-corrected chi connectivity index (χ1v) is 9.62. The zero-order chi connectivity index (χ0) is 23.3. The molecule has 0 saturated carbocycles. The van der Waals surface area contributed by atoms with Crippen molar-refractivity contribution in [2.24, 2.45) is 0 Å². The maximum atomic E-state index is 13.2. The average molecular weight is 441 g/mol. The molecule has 1 amide bonds. The molecule has 2 N–H and O–H groups in total. The first-order valence-electron chi connectivity index (χ1n) is 9.62. The van der Waals surface area contributed by atoms with Gasteiger partial charge in [-0.1, -0.05) is 12.1 Å². The van der Waals surface area contributed by atoms with Crippen LogP contribution in [0.3, 0.4) is 0 Å². The number of ether oxygens (including phenoxy) is 2. The number of amides is 1. The molecule has 0 fully saturated rings. The fourth-order valence-electron chi connectivity index (χ4n) is 3.00. The Kier molecular flexibility index (Phi) is 6.93. The van der Waals surface area contributed by atoms with Crippen LogP contribution in [0.2, 0.25) is 0 Å². The van der Waals surface area contributed by atoms with E-state index in [2.05, 4.69) is 20.0 Å². The Morgan fingerprint density at radius 2 is 1.88 bits per heavy atom. The van der Waals surface area contributed by atoms with E-state index in [0.717, 1.165) is 12.7 Å². The van der Waals surface area contributed by atoms with Crippen LogP contribution in [0.5, 0.6) is 5.75 Å². The average Bonchev–Trinajstić information content (AvgIpc) is 2.76. The number of carbonyl (C=O) groups excluding carboxylic acids is 3. The second-order valence-electron chi connectivity index (χ2n) is 6.72. The lowest BCUT2D eigenvalue weighted by Crippen LogP contribution is -2.20. The molecule has 0 bridgehead atoms. The summed E-state index contributed by atoms with van der Waals surface area (Å²) in [6.07, 6.45) is 1.31. The van der Waals surface area contributed by atoms with E-state index in [9.17, 15) is 23.9 Å². The smallest absolute Gasteiger partial charge is 0.360 e. The Hall–Kier alpha value is -4.08. The number of benzene rings is 1. The summed E-state index contributed by atoms with van der Waals surface area (Å²) in [4.78, 5) is 44.2. The molecule has 10 heteroatoms. The van der Waals surface area contributed by atoms with Crippen molar-refractivity contribution in [2.45, 2.75) is 19.8 Å². The summed E-state index contributed by atoms with van der Waals surface area (Å²) in [5, 5.41) is 13.2. The molecular weight excluding hydrogens is 421 g/mol. The van der Waals surface area contributed by atoms with E-state index in [1.165, 1.54) is 18.3 Å². The molecule has 0 aliphatic rings. The summed E-state index contributed by atoms with van der Waals surface area (Å²) in [6.45, 7) is 1.73. The number of esters is 2. The van der Waals surface area contributed by atoms with Crippen LogP contribution >= 0.6 is 0 Å². The maximum Gasteiger partial charge on any atom is 0.360 e. The maximum absolute atomic E-state index is 13.2. The number of pyridine rings is 2. The highest BCUT2D eigenvalue weighted by molar-refractivity contribution is 6.08. The third-order valence-electron chi connectivity index (χ3n) is 4.44. The van der Waals surface area contributed by atoms with E-state index in [1.54, 1.807) is 25.1 Å². The predicted octanol–water partition coefficient (Wildman–Crippen LogP) is 2.74. The Morgan fingerprint density at radius 1 is 1.16 bits per heavy atom. The Labute approximate surface area is 182 Å². The van der Waals surface area contributed by atoms with E-state index >= 15 is 0 Å². The third kappa shape index (κ3) is 5.15. The SMILES string of the molecule is CCOC(=O)CC(=O)Nc1nc(C(=O)OC)c(O)c2ncc(Cc3ccc(F)cc3)cc12. The van der Waals surface area contributed by atoms with E-state index in [0.29, 0.717) is 12.0 Å². The van der Waals surface area contributed by atoms with E-state index in [1.807, 2.05) is 0 Å². The zero-order valence-electron chi connectivity index (χ0n) is 17.3. The number of nitrogens with one attached hydrogen (secondary N) is 1. The lowest BCUT2D eigenvalue weighted by Gasteiger charge is -2.13. The largest absolute Gasteiger partial charge is 0.504 e. The van der Waals surface area contributed by atoms with Crippen molar-refractivity contribution in [3.8, 4) is 5.75 Å². The summed E-state index contributed by atoms with van der Waals surface area (Å²) >= 11 is 0. The van der Waals surface area contributed by atoms with Crippen LogP contribution in [0.15, 0.2) is 36.5 Å². The van der Waals surface area contributed by atoms with Crippen LogP contribution in [-0.2, 0) is 25.5 Å². The number of aromatic hydroxyl groups is 1. The van der Waals surface area contributed by atoms with Crippen molar-refractivity contribution in [3.63, 3.8) is 0 Å². The van der Waals surface area contributed by atoms with Crippen LogP contribution in [-0.4, -0.2) is 46.6 Å². The van der Waals surface area contributed by atoms with Gasteiger partial charge in [-0.3, -0.25) is 14.6 Å². The van der Waals surface area contributed by atoms with Crippen LogP contribution in [0.25, 0.3) is 10.9 Å². The van der Waals surface area contributed by atoms with E-state index < -0.39 is 35.7 Å². The fourth-order valence-corrected chi connectivity index (χ4v) is 3.00. The lowest BCUT2D eigenvalue weighted by atomic mass is 10.0. The van der Waals surface area contributed by atoms with E-state index in [4.69, 9.17) is 4.74 Å². The quantitative estimate of drug-likeness (QED) is 0.423. The van der Waals surface area contributed by atoms with Gasteiger partial charge in [-0.2, -0.15) is 0 Å². The number of nitrogens with zero attached hydrogens (tertiary/aromatic N) is 2. The molecule has 0 spiro atoms. The highest BCUT2D eigenvalue weighted by Gasteiger charge is 2.22. The molecule has 0 aliphatic heterocycles. The summed E-state index contributed by atoms with van der Waals surface area (Å²) in [5.41, 5.74) is 1.06. The van der Waals surface area contributed by atoms with Gasteiger partial charge in [-0.05, 0) is 42.7 Å². The number of carbonyl (C=O) groups is 3. The Morgan fingerprint density at radius 3 is 2.53 bits per heavy atom. The third-order valence-corrected chi connectivity index (χ3v) is 4.44. The van der Waals surface area contributed by atoms with Gasteiger partial charge in [0.2, 0.25) is 5.91 Å². The van der Waals surface area contributed by atoms with Gasteiger partial charge in [0, 0.05) is 11.6 Å². The van der Waals surface area contributed by atoms with Crippen molar-refractivity contribution in [2.75, 3.05) is 19.0 Å². The van der Waals surface area contributed by atoms with Gasteiger partial charge in [0.15, 0.2) is 11.4 Å². The predicted molar refractivity (Wildman–Crippen MR) is 112 cm³/mol. The zero-order valence-corrected chi connectivity index (χ0v) is 17.3. The normalized spacial score (nSPS) is 10.6. The molecule has 0 aliphatic carbocycles. The molecule has 9 nitrogen and oxygen atoms in total. The molecule has 0 atom stereocenters. The molecule has 2 heterocycles. The van der Waals surface area contributed by atoms with Crippen LogP contribution in [0.4, 0.5) is 10.2 Å². The Bertz CT molecular complexity index is 1180. The summed E-state index contributed by atoms with van der Waals surface area (Å²) in [5.74, 6) is -3.33. The second kappa shape index (κ2) is 9.82. The van der Waals surface area contributed by atoms with Gasteiger partial charge < -0.3 is 19.9 Å². The van der Waals surface area contributed by atoms with Gasteiger partial charge in [0.1, 0.15) is 23.6 Å². The number of methoxy groups -OCH3 is 1. The minimum Gasteiger partial charge on any atom is -0.504 e. The molecule has 2 aromatic heterocycles. The van der Waals surface area contributed by atoms with E-state index in [-0.39, 0.29) is 29.1 Å². The number of fused-ring (bicyclic) bond motifs is 1. The molecule has 0 saturated heterocycles. The summed E-state index contributed by atoms with van der Waals surface area (Å²) in [7, 11) is 1.12. The molecule has 3 rings (SSSR count). The number of anilines is 1. The first kappa shape index (κ1) is 22.6. The Balaban J connectivity index is 2.03. The molecule has 3 aromatic rings. The van der Waals surface area contributed by atoms with Gasteiger partial charge >= 0.3 is 11.9 Å². The molecule has 0 radical (unpaired) electrons. The fraction of sp³-hybridized carbons (Fsp3) is 0.227. The second-order valence-corrected chi connectivity index (χ2v) is 6.72. The van der Waals surface area contributed by atoms with Gasteiger partial charge in [-0.15, -0.1) is 0 Å².